The molecule has 14 nitrogen and oxygen atoms in total. The summed E-state index contributed by atoms with van der Waals surface area (Å²) >= 11 is 0. The second-order valence-corrected chi connectivity index (χ2v) is 11.2. The maximum absolute atomic E-state index is 11.7. The highest BCUT2D eigenvalue weighted by Gasteiger charge is 2.03. The van der Waals surface area contributed by atoms with Crippen LogP contribution >= 0.6 is 0 Å². The average Bonchev–Trinajstić information content (AvgIpc) is 3.14. The molecular weight excluding hydrogens is 666 g/mol. The van der Waals surface area contributed by atoms with Crippen molar-refractivity contribution in [1.29, 1.82) is 0 Å². The minimum Gasteiger partial charge on any atom is -0.463 e. The first-order chi connectivity index (χ1) is 25.2. The minimum absolute atomic E-state index is 0.148. The molecule has 1 aromatic rings. The number of alkyl carbamates (subject to hydrolysis) is 1. The quantitative estimate of drug-likeness (QED) is 0.0757. The molecule has 51 heavy (non-hydrogen) atoms. The van der Waals surface area contributed by atoms with E-state index in [0.29, 0.717) is 132 Å². The van der Waals surface area contributed by atoms with Gasteiger partial charge < -0.3 is 57.4 Å². The molecule has 0 bridgehead atoms. The van der Waals surface area contributed by atoms with Crippen molar-refractivity contribution in [3.05, 3.63) is 35.9 Å². The summed E-state index contributed by atoms with van der Waals surface area (Å²) in [6.45, 7) is 11.4. The Morgan fingerprint density at radius 2 is 0.863 bits per heavy atom. The zero-order valence-electron chi connectivity index (χ0n) is 31.0. The van der Waals surface area contributed by atoms with Gasteiger partial charge in [-0.2, -0.15) is 0 Å². The Hall–Kier alpha value is -2.40. The van der Waals surface area contributed by atoms with Crippen LogP contribution < -0.4 is 5.32 Å². The fraction of sp³-hybridized carbons (Fsp3) is 0.784. The largest absolute Gasteiger partial charge is 0.463 e. The Balaban J connectivity index is 1.65. The Morgan fingerprint density at radius 1 is 0.471 bits per heavy atom. The van der Waals surface area contributed by atoms with Crippen molar-refractivity contribution < 1.29 is 61.7 Å². The van der Waals surface area contributed by atoms with Crippen molar-refractivity contribution in [3.8, 4) is 0 Å². The third kappa shape index (κ3) is 35.8. The Bertz CT molecular complexity index is 881. The van der Waals surface area contributed by atoms with Crippen LogP contribution in [0.2, 0.25) is 0 Å². The number of amides is 1. The second-order valence-electron chi connectivity index (χ2n) is 11.2. The molecule has 0 aliphatic heterocycles. The van der Waals surface area contributed by atoms with Crippen LogP contribution in [0.4, 0.5) is 4.79 Å². The molecule has 0 aromatic heterocycles. The van der Waals surface area contributed by atoms with E-state index in [1.807, 2.05) is 30.3 Å². The lowest BCUT2D eigenvalue weighted by atomic mass is 10.1. The second kappa shape index (κ2) is 38.8. The Labute approximate surface area is 305 Å². The maximum Gasteiger partial charge on any atom is 0.407 e. The molecule has 0 spiro atoms. The molecule has 0 radical (unpaired) electrons. The normalized spacial score (nSPS) is 11.2. The first-order valence-electron chi connectivity index (χ1n) is 18.5. The molecule has 1 rings (SSSR count). The lowest BCUT2D eigenvalue weighted by Crippen LogP contribution is -2.28. The van der Waals surface area contributed by atoms with Gasteiger partial charge in [0.2, 0.25) is 0 Å². The van der Waals surface area contributed by atoms with Crippen LogP contribution in [0.5, 0.6) is 0 Å². The van der Waals surface area contributed by atoms with Crippen molar-refractivity contribution in [1.82, 2.24) is 5.32 Å². The van der Waals surface area contributed by atoms with Gasteiger partial charge in [0.05, 0.1) is 119 Å². The van der Waals surface area contributed by atoms with Gasteiger partial charge >= 0.3 is 12.1 Å². The van der Waals surface area contributed by atoms with E-state index in [1.165, 1.54) is 25.7 Å². The molecule has 1 N–H and O–H groups in total. The molecule has 1 amide bonds. The summed E-state index contributed by atoms with van der Waals surface area (Å²) in [5.41, 5.74) is 0.936. The molecule has 1 aromatic carbocycles. The van der Waals surface area contributed by atoms with Crippen LogP contribution in [-0.2, 0) is 63.5 Å². The van der Waals surface area contributed by atoms with Crippen molar-refractivity contribution >= 4 is 12.1 Å². The number of carbonyl (C=O) groups excluding carboxylic acids is 2. The lowest BCUT2D eigenvalue weighted by Gasteiger charge is -2.09. The highest BCUT2D eigenvalue weighted by molar-refractivity contribution is 5.69. The third-order valence-electron chi connectivity index (χ3n) is 6.93. The SMILES string of the molecule is CCCCCCCCC(=O)OCCOCCOCCOCCOCCOCCOCCOCCOCCOCCNC(=O)OCc1ccccc1. The van der Waals surface area contributed by atoms with E-state index >= 15 is 0 Å². The van der Waals surface area contributed by atoms with Gasteiger partial charge in [-0.3, -0.25) is 4.79 Å². The van der Waals surface area contributed by atoms with Gasteiger partial charge in [-0.1, -0.05) is 69.4 Å². The number of rotatable bonds is 39. The summed E-state index contributed by atoms with van der Waals surface area (Å²) in [4.78, 5) is 23.3. The number of nitrogens with one attached hydrogen (secondary N) is 1. The standard InChI is InChI=1S/C37H65NO13/c1-2-3-4-5-6-10-13-36(39)50-33-32-49-31-30-48-29-28-47-27-26-46-25-24-45-23-22-44-21-20-43-19-18-42-17-16-41-15-14-38-37(40)51-34-35-11-8-7-9-12-35/h7-9,11-12H,2-6,10,13-34H2,1H3,(H,38,40). The Kier molecular flexibility index (Phi) is 35.5. The molecule has 296 valence electrons. The van der Waals surface area contributed by atoms with Crippen LogP contribution in [0.1, 0.15) is 57.4 Å². The number of carbonyl (C=O) groups is 2. The fourth-order valence-corrected chi connectivity index (χ4v) is 4.20. The first-order valence-corrected chi connectivity index (χ1v) is 18.5. The molecule has 0 unspecified atom stereocenters. The van der Waals surface area contributed by atoms with Crippen molar-refractivity contribution in [3.63, 3.8) is 0 Å². The van der Waals surface area contributed by atoms with Crippen LogP contribution in [0.25, 0.3) is 0 Å². The van der Waals surface area contributed by atoms with Crippen molar-refractivity contribution in [2.75, 3.05) is 132 Å². The van der Waals surface area contributed by atoms with Crippen LogP contribution in [0.3, 0.4) is 0 Å². The van der Waals surface area contributed by atoms with Crippen LogP contribution in [0.15, 0.2) is 30.3 Å². The van der Waals surface area contributed by atoms with E-state index in [1.54, 1.807) is 0 Å². The van der Waals surface area contributed by atoms with E-state index < -0.39 is 6.09 Å². The summed E-state index contributed by atoms with van der Waals surface area (Å²) in [5, 5.41) is 2.64. The van der Waals surface area contributed by atoms with E-state index in [9.17, 15) is 9.59 Å². The van der Waals surface area contributed by atoms with Crippen LogP contribution in [0, 0.1) is 0 Å². The number of benzene rings is 1. The predicted octanol–water partition coefficient (Wildman–Crippen LogP) is 4.36. The summed E-state index contributed by atoms with van der Waals surface area (Å²) in [6, 6.07) is 9.50. The van der Waals surface area contributed by atoms with Gasteiger partial charge in [0.1, 0.15) is 13.2 Å². The number of esters is 1. The van der Waals surface area contributed by atoms with Gasteiger partial charge in [-0.05, 0) is 12.0 Å². The maximum atomic E-state index is 11.7. The summed E-state index contributed by atoms with van der Waals surface area (Å²) < 4.78 is 59.4. The summed E-state index contributed by atoms with van der Waals surface area (Å²) in [5.74, 6) is -0.148. The van der Waals surface area contributed by atoms with Gasteiger partial charge in [0, 0.05) is 13.0 Å². The summed E-state index contributed by atoms with van der Waals surface area (Å²) in [7, 11) is 0. The van der Waals surface area contributed by atoms with E-state index in [2.05, 4.69) is 12.2 Å². The van der Waals surface area contributed by atoms with Gasteiger partial charge in [0.15, 0.2) is 0 Å². The zero-order chi connectivity index (χ0) is 36.6. The van der Waals surface area contributed by atoms with Crippen molar-refractivity contribution in [2.24, 2.45) is 0 Å². The minimum atomic E-state index is -0.471. The molecule has 0 saturated heterocycles. The lowest BCUT2D eigenvalue weighted by molar-refractivity contribution is -0.145. The van der Waals surface area contributed by atoms with Crippen LogP contribution in [-0.4, -0.2) is 144 Å². The fourth-order valence-electron chi connectivity index (χ4n) is 4.20. The topological polar surface area (TPSA) is 148 Å². The number of hydrogen-bond donors (Lipinski definition) is 1. The molecule has 0 saturated carbocycles. The molecule has 0 atom stereocenters. The monoisotopic (exact) mass is 731 g/mol. The van der Waals surface area contributed by atoms with Crippen molar-refractivity contribution in [2.45, 2.75) is 58.5 Å². The first kappa shape index (κ1) is 46.6. The van der Waals surface area contributed by atoms with E-state index in [4.69, 9.17) is 52.1 Å². The molecule has 0 aliphatic carbocycles. The molecule has 0 heterocycles. The van der Waals surface area contributed by atoms with Gasteiger partial charge in [-0.15, -0.1) is 0 Å². The zero-order valence-corrected chi connectivity index (χ0v) is 31.0. The average molecular weight is 732 g/mol. The molecular formula is C37H65NO13. The number of ether oxygens (including phenoxy) is 11. The Morgan fingerprint density at radius 3 is 1.31 bits per heavy atom. The molecule has 0 fully saturated rings. The third-order valence-corrected chi connectivity index (χ3v) is 6.93. The van der Waals surface area contributed by atoms with Gasteiger partial charge in [-0.25, -0.2) is 4.79 Å². The van der Waals surface area contributed by atoms with Gasteiger partial charge in [0.25, 0.3) is 0 Å². The highest BCUT2D eigenvalue weighted by atomic mass is 16.6. The molecule has 14 heteroatoms. The number of hydrogen-bond acceptors (Lipinski definition) is 13. The number of unbranched alkanes of at least 4 members (excludes halogenated alkanes) is 5. The smallest absolute Gasteiger partial charge is 0.407 e. The van der Waals surface area contributed by atoms with E-state index in [-0.39, 0.29) is 19.2 Å². The highest BCUT2D eigenvalue weighted by Crippen LogP contribution is 2.07. The predicted molar refractivity (Wildman–Crippen MR) is 191 cm³/mol. The summed E-state index contributed by atoms with van der Waals surface area (Å²) in [6.07, 6.45) is 6.93. The van der Waals surface area contributed by atoms with E-state index in [0.717, 1.165) is 18.4 Å². The molecule has 0 aliphatic rings.